The number of hydrogen-bond acceptors (Lipinski definition) is 4. The highest BCUT2D eigenvalue weighted by Gasteiger charge is 2.33. The van der Waals surface area contributed by atoms with Crippen molar-refractivity contribution in [3.05, 3.63) is 118 Å². The van der Waals surface area contributed by atoms with E-state index < -0.39 is 0 Å². The second-order valence-corrected chi connectivity index (χ2v) is 8.64. The second-order valence-electron chi connectivity index (χ2n) is 7.72. The van der Waals surface area contributed by atoms with Crippen molar-refractivity contribution in [3.8, 4) is 11.6 Å². The number of fused-ring (bicyclic) bond motifs is 4. The van der Waals surface area contributed by atoms with Crippen molar-refractivity contribution in [1.29, 1.82) is 0 Å². The molecule has 32 heavy (non-hydrogen) atoms. The largest absolute Gasteiger partial charge is 0.438 e. The third kappa shape index (κ3) is 3.22. The molecule has 0 fully saturated rings. The van der Waals surface area contributed by atoms with Crippen LogP contribution in [0.2, 0.25) is 0 Å². The zero-order valence-electron chi connectivity index (χ0n) is 17.0. The number of hydrogen-bond donors (Lipinski definition) is 1. The maximum Gasteiger partial charge on any atom is 0.228 e. The van der Waals surface area contributed by atoms with E-state index in [1.54, 1.807) is 6.33 Å². The van der Waals surface area contributed by atoms with E-state index in [9.17, 15) is 0 Å². The summed E-state index contributed by atoms with van der Waals surface area (Å²) < 4.78 is 7.47. The highest BCUT2D eigenvalue weighted by molar-refractivity contribution is 9.10. The Hall–Kier alpha value is -3.70. The highest BCUT2D eigenvalue weighted by Crippen LogP contribution is 2.51. The van der Waals surface area contributed by atoms with Gasteiger partial charge in [0.2, 0.25) is 5.88 Å². The predicted molar refractivity (Wildman–Crippen MR) is 131 cm³/mol. The van der Waals surface area contributed by atoms with Gasteiger partial charge in [-0.3, -0.25) is 0 Å². The Morgan fingerprint density at radius 2 is 1.56 bits per heavy atom. The predicted octanol–water partition coefficient (Wildman–Crippen LogP) is 7.42. The van der Waals surface area contributed by atoms with E-state index in [0.717, 1.165) is 43.6 Å². The Morgan fingerprint density at radius 3 is 2.41 bits per heavy atom. The van der Waals surface area contributed by atoms with Crippen LogP contribution in [0.1, 0.15) is 22.6 Å². The van der Waals surface area contributed by atoms with E-state index in [4.69, 9.17) is 4.74 Å². The van der Waals surface area contributed by atoms with Crippen LogP contribution in [0.4, 0.5) is 11.5 Å². The van der Waals surface area contributed by atoms with Gasteiger partial charge in [-0.1, -0.05) is 82.7 Å². The van der Waals surface area contributed by atoms with E-state index in [2.05, 4.69) is 79.7 Å². The number of anilines is 2. The first-order valence-electron chi connectivity index (χ1n) is 10.4. The fraction of sp³-hybridized carbons (Fsp3) is 0.0370. The van der Waals surface area contributed by atoms with Crippen molar-refractivity contribution in [1.82, 2.24) is 9.97 Å². The van der Waals surface area contributed by atoms with E-state index in [1.807, 2.05) is 42.5 Å². The molecular weight excluding hydrogens is 462 g/mol. The molecule has 2 heterocycles. The fourth-order valence-electron chi connectivity index (χ4n) is 4.34. The summed E-state index contributed by atoms with van der Waals surface area (Å²) >= 11 is 3.50. The maximum absolute atomic E-state index is 6.44. The number of halogens is 1. The third-order valence-corrected chi connectivity index (χ3v) is 6.32. The zero-order valence-corrected chi connectivity index (χ0v) is 18.6. The summed E-state index contributed by atoms with van der Waals surface area (Å²) in [6.07, 6.45) is 1.55. The quantitative estimate of drug-likeness (QED) is 0.286. The first-order valence-corrected chi connectivity index (χ1v) is 11.2. The molecule has 1 N–H and O–H groups in total. The van der Waals surface area contributed by atoms with Crippen LogP contribution in [0.15, 0.2) is 102 Å². The topological polar surface area (TPSA) is 47.0 Å². The molecule has 1 aliphatic heterocycles. The van der Waals surface area contributed by atoms with Crippen LogP contribution in [-0.2, 0) is 0 Å². The molecule has 5 heteroatoms. The molecule has 0 saturated carbocycles. The minimum Gasteiger partial charge on any atom is -0.438 e. The molecule has 1 aliphatic rings. The summed E-state index contributed by atoms with van der Waals surface area (Å²) in [7, 11) is 0. The molecule has 4 nitrogen and oxygen atoms in total. The van der Waals surface area contributed by atoms with Crippen LogP contribution >= 0.6 is 15.9 Å². The van der Waals surface area contributed by atoms with Gasteiger partial charge in [0.05, 0.1) is 5.56 Å². The average molecular weight is 480 g/mol. The van der Waals surface area contributed by atoms with Gasteiger partial charge in [0.1, 0.15) is 17.9 Å². The Morgan fingerprint density at radius 1 is 0.781 bits per heavy atom. The SMILES string of the molecule is Brc1ccc(Nc2ncnc3c2C(c2ccccc2)c2ccc4ccccc4c2O3)cc1. The molecule has 6 rings (SSSR count). The van der Waals surface area contributed by atoms with Gasteiger partial charge in [-0.2, -0.15) is 0 Å². The van der Waals surface area contributed by atoms with Gasteiger partial charge in [0, 0.05) is 27.0 Å². The number of aromatic nitrogens is 2. The summed E-state index contributed by atoms with van der Waals surface area (Å²) in [5, 5.41) is 5.70. The van der Waals surface area contributed by atoms with E-state index in [1.165, 1.54) is 5.56 Å². The molecule has 1 unspecified atom stereocenters. The van der Waals surface area contributed by atoms with Gasteiger partial charge in [-0.05, 0) is 35.2 Å². The first-order chi connectivity index (χ1) is 15.8. The van der Waals surface area contributed by atoms with Crippen molar-refractivity contribution in [2.75, 3.05) is 5.32 Å². The maximum atomic E-state index is 6.44. The molecule has 1 atom stereocenters. The average Bonchev–Trinajstić information content (AvgIpc) is 2.85. The lowest BCUT2D eigenvalue weighted by molar-refractivity contribution is 0.438. The van der Waals surface area contributed by atoms with Crippen LogP contribution in [0.25, 0.3) is 10.8 Å². The molecule has 1 aromatic heterocycles. The number of nitrogens with one attached hydrogen (secondary N) is 1. The molecule has 154 valence electrons. The summed E-state index contributed by atoms with van der Waals surface area (Å²) in [5.41, 5.74) is 4.16. The van der Waals surface area contributed by atoms with Crippen LogP contribution < -0.4 is 10.1 Å². The molecule has 5 aromatic rings. The van der Waals surface area contributed by atoms with Crippen molar-refractivity contribution < 1.29 is 4.74 Å². The number of rotatable bonds is 3. The second kappa shape index (κ2) is 7.77. The zero-order chi connectivity index (χ0) is 21.5. The van der Waals surface area contributed by atoms with Gasteiger partial charge < -0.3 is 10.1 Å². The molecule has 0 radical (unpaired) electrons. The fourth-order valence-corrected chi connectivity index (χ4v) is 4.60. The summed E-state index contributed by atoms with van der Waals surface area (Å²) in [6.45, 7) is 0. The molecule has 4 aromatic carbocycles. The van der Waals surface area contributed by atoms with Crippen molar-refractivity contribution >= 4 is 38.2 Å². The van der Waals surface area contributed by atoms with Crippen LogP contribution in [0.3, 0.4) is 0 Å². The van der Waals surface area contributed by atoms with E-state index in [0.29, 0.717) is 5.88 Å². The number of ether oxygens (including phenoxy) is 1. The molecule has 0 saturated heterocycles. The minimum absolute atomic E-state index is 0.0568. The molecule has 0 amide bonds. The molecule has 0 bridgehead atoms. The summed E-state index contributed by atoms with van der Waals surface area (Å²) in [6, 6.07) is 31.1. The lowest BCUT2D eigenvalue weighted by Crippen LogP contribution is -2.16. The van der Waals surface area contributed by atoms with Gasteiger partial charge in [-0.15, -0.1) is 0 Å². The normalized spacial score (nSPS) is 14.3. The van der Waals surface area contributed by atoms with Crippen LogP contribution in [-0.4, -0.2) is 9.97 Å². The number of nitrogens with zero attached hydrogens (tertiary/aromatic N) is 2. The van der Waals surface area contributed by atoms with E-state index in [-0.39, 0.29) is 5.92 Å². The van der Waals surface area contributed by atoms with Crippen molar-refractivity contribution in [2.24, 2.45) is 0 Å². The standard InChI is InChI=1S/C27H18BrN3O/c28-19-11-13-20(14-12-19)31-26-24-23(18-7-2-1-3-8-18)22-15-10-17-6-4-5-9-21(17)25(22)32-27(24)30-16-29-26/h1-16,23H,(H,29,30,31). The summed E-state index contributed by atoms with van der Waals surface area (Å²) in [5.74, 6) is 2.12. The lowest BCUT2D eigenvalue weighted by Gasteiger charge is -2.30. The van der Waals surface area contributed by atoms with Crippen LogP contribution in [0.5, 0.6) is 11.6 Å². The Labute approximate surface area is 194 Å². The Kier molecular flexibility index (Phi) is 4.62. The van der Waals surface area contributed by atoms with Gasteiger partial charge in [0.25, 0.3) is 0 Å². The first kappa shape index (κ1) is 19.0. The van der Waals surface area contributed by atoms with Crippen LogP contribution in [0, 0.1) is 0 Å². The monoisotopic (exact) mass is 479 g/mol. The highest BCUT2D eigenvalue weighted by atomic mass is 79.9. The molecular formula is C27H18BrN3O. The third-order valence-electron chi connectivity index (χ3n) is 5.80. The Balaban J connectivity index is 1.57. The Bertz CT molecular complexity index is 1440. The minimum atomic E-state index is -0.0568. The van der Waals surface area contributed by atoms with Gasteiger partial charge in [-0.25, -0.2) is 9.97 Å². The number of benzene rings is 4. The molecule has 0 spiro atoms. The van der Waals surface area contributed by atoms with Gasteiger partial charge >= 0.3 is 0 Å². The van der Waals surface area contributed by atoms with Crippen molar-refractivity contribution in [2.45, 2.75) is 5.92 Å². The van der Waals surface area contributed by atoms with Gasteiger partial charge in [0.15, 0.2) is 0 Å². The summed E-state index contributed by atoms with van der Waals surface area (Å²) in [4.78, 5) is 9.14. The molecule has 0 aliphatic carbocycles. The van der Waals surface area contributed by atoms with Crippen molar-refractivity contribution in [3.63, 3.8) is 0 Å². The lowest BCUT2D eigenvalue weighted by atomic mass is 9.82. The van der Waals surface area contributed by atoms with E-state index >= 15 is 0 Å². The smallest absolute Gasteiger partial charge is 0.228 e.